The summed E-state index contributed by atoms with van der Waals surface area (Å²) in [5.41, 5.74) is 1.06. The van der Waals surface area contributed by atoms with E-state index < -0.39 is 17.9 Å². The summed E-state index contributed by atoms with van der Waals surface area (Å²) < 4.78 is 0. The molecule has 1 saturated carbocycles. The zero-order valence-corrected chi connectivity index (χ0v) is 18.0. The molecule has 0 aromatic heterocycles. The first kappa shape index (κ1) is 20.9. The van der Waals surface area contributed by atoms with E-state index in [4.69, 9.17) is 0 Å². The molecule has 2 aliphatic heterocycles. The van der Waals surface area contributed by atoms with Crippen LogP contribution in [0, 0.1) is 5.41 Å². The van der Waals surface area contributed by atoms with E-state index in [0.29, 0.717) is 19.6 Å². The smallest absolute Gasteiger partial charge is 0.313 e. The van der Waals surface area contributed by atoms with Gasteiger partial charge in [0.1, 0.15) is 6.04 Å². The summed E-state index contributed by atoms with van der Waals surface area (Å²) in [5, 5.41) is 0. The molecule has 1 aliphatic carbocycles. The molecule has 0 bridgehead atoms. The Morgan fingerprint density at radius 2 is 1.73 bits per heavy atom. The van der Waals surface area contributed by atoms with E-state index in [0.717, 1.165) is 37.9 Å². The van der Waals surface area contributed by atoms with Gasteiger partial charge in [0.05, 0.1) is 0 Å². The van der Waals surface area contributed by atoms with Crippen LogP contribution in [-0.2, 0) is 14.4 Å². The Morgan fingerprint density at radius 3 is 2.43 bits per heavy atom. The number of nitrogens with zero attached hydrogens (tertiary/aromatic N) is 3. The molecule has 2 heterocycles. The maximum Gasteiger partial charge on any atom is 0.313 e. The molecule has 0 N–H and O–H groups in total. The van der Waals surface area contributed by atoms with Crippen molar-refractivity contribution in [1.29, 1.82) is 0 Å². The Bertz CT molecular complexity index is 788. The van der Waals surface area contributed by atoms with Crippen LogP contribution in [-0.4, -0.2) is 65.1 Å². The highest BCUT2D eigenvalue weighted by Crippen LogP contribution is 2.46. The third kappa shape index (κ3) is 3.96. The van der Waals surface area contributed by atoms with Gasteiger partial charge in [-0.1, -0.05) is 56.5 Å². The van der Waals surface area contributed by atoms with Crippen LogP contribution in [0.4, 0.5) is 0 Å². The lowest BCUT2D eigenvalue weighted by Crippen LogP contribution is -2.57. The SMILES string of the molecule is CCCCN1CCN([C@H](C(=O)N2CCC3(CCCC3)C2)c2ccccc2)C(=O)C1=O. The van der Waals surface area contributed by atoms with E-state index >= 15 is 0 Å². The molecular formula is C24H33N3O3. The van der Waals surface area contributed by atoms with Gasteiger partial charge in [-0.3, -0.25) is 14.4 Å². The van der Waals surface area contributed by atoms with Crippen LogP contribution in [0.5, 0.6) is 0 Å². The first-order valence-corrected chi connectivity index (χ1v) is 11.5. The summed E-state index contributed by atoms with van der Waals surface area (Å²) >= 11 is 0. The van der Waals surface area contributed by atoms with Gasteiger partial charge in [-0.25, -0.2) is 0 Å². The van der Waals surface area contributed by atoms with Gasteiger partial charge >= 0.3 is 11.8 Å². The fourth-order valence-corrected chi connectivity index (χ4v) is 5.42. The van der Waals surface area contributed by atoms with Gasteiger partial charge < -0.3 is 14.7 Å². The minimum atomic E-state index is -0.715. The Kier molecular flexibility index (Phi) is 6.11. The van der Waals surface area contributed by atoms with Crippen LogP contribution >= 0.6 is 0 Å². The molecule has 2 saturated heterocycles. The van der Waals surface area contributed by atoms with Crippen molar-refractivity contribution in [2.24, 2.45) is 5.41 Å². The van der Waals surface area contributed by atoms with E-state index in [1.807, 2.05) is 35.2 Å². The van der Waals surface area contributed by atoms with Crippen molar-refractivity contribution >= 4 is 17.7 Å². The average molecular weight is 412 g/mol. The number of carbonyl (C=O) groups is 3. The molecule has 0 radical (unpaired) electrons. The zero-order valence-electron chi connectivity index (χ0n) is 18.0. The second-order valence-corrected chi connectivity index (χ2v) is 9.17. The van der Waals surface area contributed by atoms with Crippen molar-refractivity contribution in [2.75, 3.05) is 32.7 Å². The van der Waals surface area contributed by atoms with Gasteiger partial charge in [0, 0.05) is 32.7 Å². The molecule has 6 heteroatoms. The van der Waals surface area contributed by atoms with Gasteiger partial charge in [-0.15, -0.1) is 0 Å². The number of rotatable bonds is 6. The molecule has 30 heavy (non-hydrogen) atoms. The lowest BCUT2D eigenvalue weighted by molar-refractivity contribution is -0.161. The second-order valence-electron chi connectivity index (χ2n) is 9.17. The lowest BCUT2D eigenvalue weighted by Gasteiger charge is -2.39. The van der Waals surface area contributed by atoms with E-state index in [2.05, 4.69) is 6.92 Å². The van der Waals surface area contributed by atoms with Crippen molar-refractivity contribution in [2.45, 2.75) is 57.9 Å². The van der Waals surface area contributed by atoms with Crippen molar-refractivity contribution in [3.8, 4) is 0 Å². The summed E-state index contributed by atoms with van der Waals surface area (Å²) in [4.78, 5) is 44.6. The Labute approximate surface area is 179 Å². The van der Waals surface area contributed by atoms with Crippen molar-refractivity contribution < 1.29 is 14.4 Å². The van der Waals surface area contributed by atoms with Crippen LogP contribution in [0.3, 0.4) is 0 Å². The molecule has 1 atom stereocenters. The standard InChI is InChI=1S/C24H33N3O3/c1-2-3-14-25-16-17-27(23(30)22(25)29)20(19-9-5-4-6-10-19)21(28)26-15-13-24(18-26)11-7-8-12-24/h4-6,9-10,20H,2-3,7-8,11-18H2,1H3/t20-/m0/s1. The third-order valence-electron chi connectivity index (χ3n) is 7.20. The monoisotopic (exact) mass is 411 g/mol. The van der Waals surface area contributed by atoms with Crippen LogP contribution in [0.1, 0.15) is 63.5 Å². The summed E-state index contributed by atoms with van der Waals surface area (Å²) in [5.74, 6) is -1.06. The van der Waals surface area contributed by atoms with Crippen LogP contribution in [0.15, 0.2) is 30.3 Å². The number of hydrogen-bond donors (Lipinski definition) is 0. The zero-order chi connectivity index (χ0) is 21.1. The highest BCUT2D eigenvalue weighted by molar-refractivity contribution is 6.35. The normalized spacial score (nSPS) is 22.2. The molecule has 162 valence electrons. The van der Waals surface area contributed by atoms with Crippen LogP contribution in [0.25, 0.3) is 0 Å². The number of hydrogen-bond acceptors (Lipinski definition) is 3. The predicted octanol–water partition coefficient (Wildman–Crippen LogP) is 2.99. The van der Waals surface area contributed by atoms with E-state index in [1.165, 1.54) is 30.6 Å². The van der Waals surface area contributed by atoms with Gasteiger partial charge in [-0.2, -0.15) is 0 Å². The number of amides is 3. The molecule has 3 fully saturated rings. The number of likely N-dealkylation sites (tertiary alicyclic amines) is 1. The summed E-state index contributed by atoms with van der Waals surface area (Å²) in [7, 11) is 0. The summed E-state index contributed by atoms with van der Waals surface area (Å²) in [6, 6.07) is 8.76. The minimum absolute atomic E-state index is 0.0341. The quantitative estimate of drug-likeness (QED) is 0.676. The van der Waals surface area contributed by atoms with Gasteiger partial charge in [0.15, 0.2) is 0 Å². The Balaban J connectivity index is 1.56. The van der Waals surface area contributed by atoms with E-state index in [1.54, 1.807) is 4.90 Å². The Morgan fingerprint density at radius 1 is 1.00 bits per heavy atom. The van der Waals surface area contributed by atoms with Crippen molar-refractivity contribution in [1.82, 2.24) is 14.7 Å². The molecular weight excluding hydrogens is 378 g/mol. The number of benzene rings is 1. The average Bonchev–Trinajstić information content (AvgIpc) is 3.41. The third-order valence-corrected chi connectivity index (χ3v) is 7.20. The molecule has 1 aromatic carbocycles. The summed E-state index contributed by atoms with van der Waals surface area (Å²) in [6.07, 6.45) is 7.80. The first-order valence-electron chi connectivity index (χ1n) is 11.5. The molecule has 0 unspecified atom stereocenters. The van der Waals surface area contributed by atoms with E-state index in [9.17, 15) is 14.4 Å². The van der Waals surface area contributed by atoms with Crippen molar-refractivity contribution in [3.05, 3.63) is 35.9 Å². The predicted molar refractivity (Wildman–Crippen MR) is 114 cm³/mol. The first-order chi connectivity index (χ1) is 14.5. The summed E-state index contributed by atoms with van der Waals surface area (Å²) in [6.45, 7) is 5.10. The highest BCUT2D eigenvalue weighted by atomic mass is 16.2. The number of unbranched alkanes of at least 4 members (excludes halogenated alkanes) is 1. The molecule has 6 nitrogen and oxygen atoms in total. The highest BCUT2D eigenvalue weighted by Gasteiger charge is 2.46. The second kappa shape index (κ2) is 8.78. The molecule has 3 aliphatic rings. The molecule has 3 amide bonds. The fourth-order valence-electron chi connectivity index (χ4n) is 5.42. The van der Waals surface area contributed by atoms with E-state index in [-0.39, 0.29) is 11.3 Å². The minimum Gasteiger partial charge on any atom is -0.340 e. The lowest BCUT2D eigenvalue weighted by atomic mass is 9.86. The van der Waals surface area contributed by atoms with Gasteiger partial charge in [0.25, 0.3) is 0 Å². The van der Waals surface area contributed by atoms with Gasteiger partial charge in [-0.05, 0) is 36.7 Å². The van der Waals surface area contributed by atoms with Crippen molar-refractivity contribution in [3.63, 3.8) is 0 Å². The van der Waals surface area contributed by atoms with Crippen LogP contribution in [0.2, 0.25) is 0 Å². The number of carbonyl (C=O) groups excluding carboxylic acids is 3. The maximum absolute atomic E-state index is 13.7. The van der Waals surface area contributed by atoms with Gasteiger partial charge in [0.2, 0.25) is 5.91 Å². The molecule has 1 aromatic rings. The maximum atomic E-state index is 13.7. The molecule has 4 rings (SSSR count). The Hall–Kier alpha value is -2.37. The number of piperazine rings is 1. The fraction of sp³-hybridized carbons (Fsp3) is 0.625. The largest absolute Gasteiger partial charge is 0.340 e. The molecule has 1 spiro atoms. The topological polar surface area (TPSA) is 60.9 Å². The van der Waals surface area contributed by atoms with Crippen LogP contribution < -0.4 is 0 Å².